The summed E-state index contributed by atoms with van der Waals surface area (Å²) in [4.78, 5) is 0. The normalized spacial score (nSPS) is 13.4. The van der Waals surface area contributed by atoms with Crippen molar-refractivity contribution in [3.8, 4) is 0 Å². The summed E-state index contributed by atoms with van der Waals surface area (Å²) in [7, 11) is 1.89. The zero-order valence-electron chi connectivity index (χ0n) is 12.1. The van der Waals surface area contributed by atoms with Gasteiger partial charge >= 0.3 is 0 Å². The zero-order chi connectivity index (χ0) is 14.8. The summed E-state index contributed by atoms with van der Waals surface area (Å²) in [5, 5.41) is 4.38. The van der Waals surface area contributed by atoms with Crippen molar-refractivity contribution < 1.29 is 4.39 Å². The van der Waals surface area contributed by atoms with Crippen LogP contribution in [0.15, 0.2) is 36.5 Å². The number of hydrogen-bond acceptors (Lipinski definition) is 3. The van der Waals surface area contributed by atoms with Gasteiger partial charge in [-0.3, -0.25) is 16.0 Å². The molecule has 0 saturated carbocycles. The maximum atomic E-state index is 13.1. The van der Waals surface area contributed by atoms with Crippen LogP contribution >= 0.6 is 0 Å². The first-order valence-corrected chi connectivity index (χ1v) is 6.64. The van der Waals surface area contributed by atoms with Gasteiger partial charge in [-0.15, -0.1) is 0 Å². The standard InChI is InChI=1S/C15H21FN4/c1-15(2,11-4-6-12(16)7-5-11)14(18-17)10-13-8-9-20(3)19-13/h4-9,14,18H,10,17H2,1-3H3. The smallest absolute Gasteiger partial charge is 0.123 e. The van der Waals surface area contributed by atoms with E-state index in [2.05, 4.69) is 24.4 Å². The van der Waals surface area contributed by atoms with E-state index in [0.29, 0.717) is 6.42 Å². The second-order valence-electron chi connectivity index (χ2n) is 5.63. The van der Waals surface area contributed by atoms with Crippen molar-refractivity contribution in [1.82, 2.24) is 15.2 Å². The van der Waals surface area contributed by atoms with E-state index in [0.717, 1.165) is 11.3 Å². The third-order valence-electron chi connectivity index (χ3n) is 3.84. The van der Waals surface area contributed by atoms with Crippen molar-refractivity contribution in [3.63, 3.8) is 0 Å². The van der Waals surface area contributed by atoms with Crippen LogP contribution in [0.4, 0.5) is 4.39 Å². The molecule has 1 unspecified atom stereocenters. The lowest BCUT2D eigenvalue weighted by Gasteiger charge is -2.34. The number of rotatable bonds is 5. The van der Waals surface area contributed by atoms with Gasteiger partial charge in [0, 0.05) is 31.1 Å². The van der Waals surface area contributed by atoms with Crippen LogP contribution in [-0.2, 0) is 18.9 Å². The third kappa shape index (κ3) is 3.05. The topological polar surface area (TPSA) is 55.9 Å². The van der Waals surface area contributed by atoms with E-state index >= 15 is 0 Å². The van der Waals surface area contributed by atoms with Crippen molar-refractivity contribution in [1.29, 1.82) is 0 Å². The van der Waals surface area contributed by atoms with Crippen molar-refractivity contribution in [2.24, 2.45) is 12.9 Å². The first-order chi connectivity index (χ1) is 9.43. The van der Waals surface area contributed by atoms with E-state index in [1.165, 1.54) is 12.1 Å². The van der Waals surface area contributed by atoms with E-state index in [9.17, 15) is 4.39 Å². The van der Waals surface area contributed by atoms with Crippen molar-refractivity contribution in [2.45, 2.75) is 31.7 Å². The minimum atomic E-state index is -0.236. The minimum Gasteiger partial charge on any atom is -0.276 e. The van der Waals surface area contributed by atoms with Gasteiger partial charge < -0.3 is 0 Å². The van der Waals surface area contributed by atoms with Gasteiger partial charge in [0.1, 0.15) is 5.82 Å². The minimum absolute atomic E-state index is 0.00265. The fourth-order valence-electron chi connectivity index (χ4n) is 2.38. The van der Waals surface area contributed by atoms with Crippen LogP contribution in [0.2, 0.25) is 0 Å². The first kappa shape index (κ1) is 14.7. The predicted molar refractivity (Wildman–Crippen MR) is 77.4 cm³/mol. The summed E-state index contributed by atoms with van der Waals surface area (Å²) >= 11 is 0. The summed E-state index contributed by atoms with van der Waals surface area (Å²) in [5.41, 5.74) is 4.65. The van der Waals surface area contributed by atoms with Crippen molar-refractivity contribution in [3.05, 3.63) is 53.6 Å². The summed E-state index contributed by atoms with van der Waals surface area (Å²) in [6.07, 6.45) is 2.62. The molecular weight excluding hydrogens is 255 g/mol. The number of halogens is 1. The molecule has 5 heteroatoms. The molecule has 4 nitrogen and oxygen atoms in total. The quantitative estimate of drug-likeness (QED) is 0.648. The predicted octanol–water partition coefficient (Wildman–Crippen LogP) is 1.91. The molecule has 1 heterocycles. The average Bonchev–Trinajstić information content (AvgIpc) is 2.82. The molecule has 0 spiro atoms. The van der Waals surface area contributed by atoms with Crippen LogP contribution in [0, 0.1) is 5.82 Å². The van der Waals surface area contributed by atoms with Crippen LogP contribution in [0.1, 0.15) is 25.1 Å². The van der Waals surface area contributed by atoms with Crippen molar-refractivity contribution in [2.75, 3.05) is 0 Å². The number of nitrogens with zero attached hydrogens (tertiary/aromatic N) is 2. The second-order valence-corrected chi connectivity index (χ2v) is 5.63. The van der Waals surface area contributed by atoms with Gasteiger partial charge in [0.15, 0.2) is 0 Å². The highest BCUT2D eigenvalue weighted by Gasteiger charge is 2.31. The van der Waals surface area contributed by atoms with Gasteiger partial charge in [-0.1, -0.05) is 26.0 Å². The number of aromatic nitrogens is 2. The highest BCUT2D eigenvalue weighted by atomic mass is 19.1. The molecule has 0 bridgehead atoms. The Bertz CT molecular complexity index is 560. The first-order valence-electron chi connectivity index (χ1n) is 6.64. The second kappa shape index (κ2) is 5.73. The van der Waals surface area contributed by atoms with E-state index in [1.54, 1.807) is 16.8 Å². The lowest BCUT2D eigenvalue weighted by Crippen LogP contribution is -2.49. The van der Waals surface area contributed by atoms with Gasteiger partial charge in [-0.05, 0) is 23.8 Å². The molecule has 1 aromatic carbocycles. The van der Waals surface area contributed by atoms with Gasteiger partial charge in [0.05, 0.1) is 5.69 Å². The number of nitrogens with two attached hydrogens (primary N) is 1. The number of aryl methyl sites for hydroxylation is 1. The van der Waals surface area contributed by atoms with E-state index in [4.69, 9.17) is 5.84 Å². The Labute approximate surface area is 118 Å². The molecule has 108 valence electrons. The van der Waals surface area contributed by atoms with Crippen LogP contribution in [0.3, 0.4) is 0 Å². The number of hydrogen-bond donors (Lipinski definition) is 2. The molecule has 20 heavy (non-hydrogen) atoms. The summed E-state index contributed by atoms with van der Waals surface area (Å²) in [6, 6.07) is 8.54. The van der Waals surface area contributed by atoms with Crippen molar-refractivity contribution >= 4 is 0 Å². The Balaban J connectivity index is 2.22. The molecule has 2 rings (SSSR count). The van der Waals surface area contributed by atoms with Crippen LogP contribution in [0.5, 0.6) is 0 Å². The summed E-state index contributed by atoms with van der Waals surface area (Å²) in [5.74, 6) is 5.49. The Kier molecular flexibility index (Phi) is 4.20. The van der Waals surface area contributed by atoms with Crippen LogP contribution in [-0.4, -0.2) is 15.8 Å². The Morgan fingerprint density at radius 1 is 1.30 bits per heavy atom. The monoisotopic (exact) mass is 276 g/mol. The fourth-order valence-corrected chi connectivity index (χ4v) is 2.38. The lowest BCUT2D eigenvalue weighted by molar-refractivity contribution is 0.338. The number of hydrazine groups is 1. The number of benzene rings is 1. The maximum absolute atomic E-state index is 13.1. The van der Waals surface area contributed by atoms with E-state index < -0.39 is 0 Å². The molecule has 0 aliphatic rings. The van der Waals surface area contributed by atoms with Crippen LogP contribution in [0.25, 0.3) is 0 Å². The van der Waals surface area contributed by atoms with E-state index in [1.807, 2.05) is 19.3 Å². The molecule has 0 saturated heterocycles. The maximum Gasteiger partial charge on any atom is 0.123 e. The third-order valence-corrected chi connectivity index (χ3v) is 3.84. The molecule has 0 aliphatic heterocycles. The molecule has 0 radical (unpaired) electrons. The molecule has 1 aromatic heterocycles. The Morgan fingerprint density at radius 2 is 1.95 bits per heavy atom. The molecule has 0 amide bonds. The van der Waals surface area contributed by atoms with Crippen LogP contribution < -0.4 is 11.3 Å². The summed E-state index contributed by atoms with van der Waals surface area (Å²) in [6.45, 7) is 4.18. The molecule has 0 fully saturated rings. The highest BCUT2D eigenvalue weighted by Crippen LogP contribution is 2.28. The van der Waals surface area contributed by atoms with Gasteiger partial charge in [0.25, 0.3) is 0 Å². The largest absolute Gasteiger partial charge is 0.276 e. The molecule has 3 N–H and O–H groups in total. The zero-order valence-corrected chi connectivity index (χ0v) is 12.1. The SMILES string of the molecule is Cn1ccc(CC(NN)C(C)(C)c2ccc(F)cc2)n1. The number of nitrogens with one attached hydrogen (secondary N) is 1. The lowest BCUT2D eigenvalue weighted by atomic mass is 9.76. The molecule has 0 aliphatic carbocycles. The Morgan fingerprint density at radius 3 is 2.45 bits per heavy atom. The van der Waals surface area contributed by atoms with Gasteiger partial charge in [0.2, 0.25) is 0 Å². The summed E-state index contributed by atoms with van der Waals surface area (Å²) < 4.78 is 14.8. The fraction of sp³-hybridized carbons (Fsp3) is 0.400. The molecular formula is C15H21FN4. The highest BCUT2D eigenvalue weighted by molar-refractivity contribution is 5.27. The average molecular weight is 276 g/mol. The van der Waals surface area contributed by atoms with Gasteiger partial charge in [-0.25, -0.2) is 4.39 Å². The molecule has 2 aromatic rings. The Hall–Kier alpha value is -1.72. The van der Waals surface area contributed by atoms with Gasteiger partial charge in [-0.2, -0.15) is 5.10 Å². The van der Waals surface area contributed by atoms with E-state index in [-0.39, 0.29) is 17.3 Å². The molecule has 1 atom stereocenters.